The van der Waals surface area contributed by atoms with E-state index in [0.717, 1.165) is 39.3 Å². The van der Waals surface area contributed by atoms with Crippen LogP contribution in [0.1, 0.15) is 80.7 Å². The van der Waals surface area contributed by atoms with Crippen LogP contribution in [0.15, 0.2) is 48.5 Å². The number of nitro benzene ring substituents is 1. The molecule has 0 fully saturated rings. The van der Waals surface area contributed by atoms with Crippen LogP contribution in [-0.4, -0.2) is 17.4 Å². The average Bonchev–Trinajstić information content (AvgIpc) is 3.26. The first-order chi connectivity index (χ1) is 17.4. The van der Waals surface area contributed by atoms with E-state index in [1.165, 1.54) is 11.6 Å². The van der Waals surface area contributed by atoms with Crippen molar-refractivity contribution in [2.24, 2.45) is 5.41 Å². The summed E-state index contributed by atoms with van der Waals surface area (Å²) in [7, 11) is 0. The maximum atomic E-state index is 13.0. The predicted molar refractivity (Wildman–Crippen MR) is 149 cm³/mol. The van der Waals surface area contributed by atoms with Gasteiger partial charge in [-0.15, -0.1) is 0 Å². The largest absolute Gasteiger partial charge is 0.492 e. The lowest BCUT2D eigenvalue weighted by Crippen LogP contribution is -2.21. The van der Waals surface area contributed by atoms with Gasteiger partial charge in [-0.2, -0.15) is 0 Å². The lowest BCUT2D eigenvalue weighted by Gasteiger charge is -2.23. The Morgan fingerprint density at radius 2 is 1.78 bits per heavy atom. The highest BCUT2D eigenvalue weighted by atomic mass is 16.6. The number of non-ortho nitro benzene ring substituents is 1. The van der Waals surface area contributed by atoms with Gasteiger partial charge in [0.25, 0.3) is 5.69 Å². The summed E-state index contributed by atoms with van der Waals surface area (Å²) in [6.45, 7) is 14.9. The SMILES string of the molecule is Cc1c(NC(=O)CC(C)(C)C)c(C)c2c(c1-c1cccc([N+](=O)[O-])c1)OCC2c1ccc(C(C)C)cc1. The third-order valence-electron chi connectivity index (χ3n) is 7.05. The number of carbonyl (C=O) groups excluding carboxylic acids is 1. The van der Waals surface area contributed by atoms with Crippen molar-refractivity contribution in [3.63, 3.8) is 0 Å². The van der Waals surface area contributed by atoms with E-state index in [1.807, 2.05) is 40.7 Å². The molecule has 194 valence electrons. The quantitative estimate of drug-likeness (QED) is 0.275. The molecule has 1 N–H and O–H groups in total. The lowest BCUT2D eigenvalue weighted by atomic mass is 9.84. The summed E-state index contributed by atoms with van der Waals surface area (Å²) in [5.41, 5.74) is 7.36. The molecular weight excluding hydrogens is 464 g/mol. The molecule has 0 aliphatic carbocycles. The Hall–Kier alpha value is -3.67. The van der Waals surface area contributed by atoms with Crippen molar-refractivity contribution in [1.82, 2.24) is 0 Å². The molecule has 1 unspecified atom stereocenters. The standard InChI is InChI=1S/C31H36N2O4/c1-18(2)21-11-13-22(14-12-21)25-17-37-30-27(23-9-8-10-24(15-23)33(35)36)19(3)29(20(4)28(25)30)32-26(34)16-31(5,6)7/h8-15,18,25H,16-17H2,1-7H3,(H,32,34). The Morgan fingerprint density at radius 1 is 1.11 bits per heavy atom. The van der Waals surface area contributed by atoms with E-state index in [0.29, 0.717) is 24.5 Å². The summed E-state index contributed by atoms with van der Waals surface area (Å²) in [6.07, 6.45) is 0.381. The number of anilines is 1. The van der Waals surface area contributed by atoms with E-state index in [4.69, 9.17) is 4.74 Å². The van der Waals surface area contributed by atoms with Gasteiger partial charge in [-0.25, -0.2) is 0 Å². The number of nitro groups is 1. The monoisotopic (exact) mass is 500 g/mol. The highest BCUT2D eigenvalue weighted by Crippen LogP contribution is 2.51. The zero-order chi connectivity index (χ0) is 27.1. The minimum Gasteiger partial charge on any atom is -0.492 e. The van der Waals surface area contributed by atoms with Gasteiger partial charge in [0.2, 0.25) is 5.91 Å². The van der Waals surface area contributed by atoms with Crippen LogP contribution in [0.25, 0.3) is 11.1 Å². The Morgan fingerprint density at radius 3 is 2.38 bits per heavy atom. The fourth-order valence-electron chi connectivity index (χ4n) is 5.19. The molecule has 0 saturated heterocycles. The molecule has 6 nitrogen and oxygen atoms in total. The van der Waals surface area contributed by atoms with Gasteiger partial charge in [-0.05, 0) is 53.0 Å². The zero-order valence-electron chi connectivity index (χ0n) is 22.8. The number of nitrogens with zero attached hydrogens (tertiary/aromatic N) is 1. The van der Waals surface area contributed by atoms with Crippen molar-refractivity contribution in [3.8, 4) is 16.9 Å². The number of ether oxygens (including phenoxy) is 1. The molecule has 0 bridgehead atoms. The summed E-state index contributed by atoms with van der Waals surface area (Å²) in [4.78, 5) is 24.2. The minimum atomic E-state index is -0.390. The fourth-order valence-corrected chi connectivity index (χ4v) is 5.19. The Balaban J connectivity index is 1.90. The van der Waals surface area contributed by atoms with Crippen molar-refractivity contribution in [2.45, 2.75) is 66.7 Å². The second kappa shape index (κ2) is 10.0. The second-order valence-electron chi connectivity index (χ2n) is 11.5. The summed E-state index contributed by atoms with van der Waals surface area (Å²) in [5, 5.41) is 14.7. The molecule has 1 heterocycles. The highest BCUT2D eigenvalue weighted by Gasteiger charge is 2.34. The van der Waals surface area contributed by atoms with Crippen molar-refractivity contribution in [2.75, 3.05) is 11.9 Å². The summed E-state index contributed by atoms with van der Waals surface area (Å²) in [6, 6.07) is 15.2. The van der Waals surface area contributed by atoms with Gasteiger partial charge in [0.1, 0.15) is 5.75 Å². The number of amides is 1. The van der Waals surface area contributed by atoms with Gasteiger partial charge in [0.15, 0.2) is 0 Å². The van der Waals surface area contributed by atoms with E-state index in [2.05, 4.69) is 43.4 Å². The van der Waals surface area contributed by atoms with Crippen LogP contribution in [0.3, 0.4) is 0 Å². The Bertz CT molecular complexity index is 1350. The Labute approximate surface area is 219 Å². The maximum absolute atomic E-state index is 13.0. The van der Waals surface area contributed by atoms with Crippen molar-refractivity contribution < 1.29 is 14.5 Å². The summed E-state index contributed by atoms with van der Waals surface area (Å²) >= 11 is 0. The molecule has 3 aromatic carbocycles. The van der Waals surface area contributed by atoms with Crippen LogP contribution in [0.2, 0.25) is 0 Å². The molecule has 4 rings (SSSR count). The molecule has 0 aromatic heterocycles. The van der Waals surface area contributed by atoms with E-state index < -0.39 is 0 Å². The average molecular weight is 501 g/mol. The van der Waals surface area contributed by atoms with Gasteiger partial charge in [-0.1, -0.05) is 71.0 Å². The predicted octanol–water partition coefficient (Wildman–Crippen LogP) is 7.90. The molecule has 1 aliphatic rings. The number of carbonyl (C=O) groups is 1. The zero-order valence-corrected chi connectivity index (χ0v) is 22.8. The molecule has 1 atom stereocenters. The van der Waals surface area contributed by atoms with E-state index in [-0.39, 0.29) is 27.9 Å². The first kappa shape index (κ1) is 26.4. The number of hydrogen-bond acceptors (Lipinski definition) is 4. The molecule has 6 heteroatoms. The van der Waals surface area contributed by atoms with E-state index in [1.54, 1.807) is 12.1 Å². The molecule has 3 aromatic rings. The van der Waals surface area contributed by atoms with E-state index in [9.17, 15) is 14.9 Å². The van der Waals surface area contributed by atoms with Gasteiger partial charge >= 0.3 is 0 Å². The third-order valence-corrected chi connectivity index (χ3v) is 7.05. The molecule has 37 heavy (non-hydrogen) atoms. The number of fused-ring (bicyclic) bond motifs is 1. The van der Waals surface area contributed by atoms with Crippen molar-refractivity contribution in [3.05, 3.63) is 86.5 Å². The second-order valence-corrected chi connectivity index (χ2v) is 11.5. The molecule has 1 aliphatic heterocycles. The summed E-state index contributed by atoms with van der Waals surface area (Å²) < 4.78 is 6.35. The number of nitrogens with one attached hydrogen (secondary N) is 1. The van der Waals surface area contributed by atoms with Gasteiger partial charge in [0, 0.05) is 41.3 Å². The first-order valence-corrected chi connectivity index (χ1v) is 12.8. The van der Waals surface area contributed by atoms with Crippen molar-refractivity contribution >= 4 is 17.3 Å². The molecule has 0 saturated carbocycles. The maximum Gasteiger partial charge on any atom is 0.270 e. The highest BCUT2D eigenvalue weighted by molar-refractivity contribution is 5.96. The molecule has 0 spiro atoms. The van der Waals surface area contributed by atoms with Crippen LogP contribution in [0.5, 0.6) is 5.75 Å². The topological polar surface area (TPSA) is 81.5 Å². The smallest absolute Gasteiger partial charge is 0.270 e. The number of rotatable bonds is 6. The first-order valence-electron chi connectivity index (χ1n) is 12.8. The Kier molecular flexibility index (Phi) is 7.13. The van der Waals surface area contributed by atoms with Crippen LogP contribution in [0.4, 0.5) is 11.4 Å². The van der Waals surface area contributed by atoms with Crippen LogP contribution in [0, 0.1) is 29.4 Å². The number of benzene rings is 3. The van der Waals surface area contributed by atoms with Gasteiger partial charge in [-0.3, -0.25) is 14.9 Å². The van der Waals surface area contributed by atoms with Gasteiger partial charge in [0.05, 0.1) is 11.5 Å². The molecular formula is C31H36N2O4. The van der Waals surface area contributed by atoms with E-state index >= 15 is 0 Å². The number of hydrogen-bond donors (Lipinski definition) is 1. The van der Waals surface area contributed by atoms with Crippen LogP contribution >= 0.6 is 0 Å². The van der Waals surface area contributed by atoms with Crippen LogP contribution in [-0.2, 0) is 4.79 Å². The third kappa shape index (κ3) is 5.38. The fraction of sp³-hybridized carbons (Fsp3) is 0.387. The molecule has 0 radical (unpaired) electrons. The minimum absolute atomic E-state index is 0.00692. The normalized spacial score (nSPS) is 14.9. The van der Waals surface area contributed by atoms with Gasteiger partial charge < -0.3 is 10.1 Å². The van der Waals surface area contributed by atoms with Crippen molar-refractivity contribution in [1.29, 1.82) is 0 Å². The molecule has 1 amide bonds. The summed E-state index contributed by atoms with van der Waals surface area (Å²) in [5.74, 6) is 1.12. The van der Waals surface area contributed by atoms with Crippen LogP contribution < -0.4 is 10.1 Å². The lowest BCUT2D eigenvalue weighted by molar-refractivity contribution is -0.384.